The fourth-order valence-electron chi connectivity index (χ4n) is 3.52. The second-order valence-electron chi connectivity index (χ2n) is 6.25. The lowest BCUT2D eigenvalue weighted by molar-refractivity contribution is -0.145. The van der Waals surface area contributed by atoms with E-state index in [-0.39, 0.29) is 6.04 Å². The van der Waals surface area contributed by atoms with Gasteiger partial charge in [0.05, 0.1) is 17.0 Å². The normalized spacial score (nSPS) is 19.3. The molecular weight excluding hydrogens is 393 g/mol. The Hall–Kier alpha value is -1.27. The highest BCUT2D eigenvalue weighted by molar-refractivity contribution is 7.16. The number of hydrogen-bond donors (Lipinski definition) is 1. The second kappa shape index (κ2) is 8.61. The average molecular weight is 414 g/mol. The van der Waals surface area contributed by atoms with Gasteiger partial charge in [-0.25, -0.2) is 0 Å². The maximum atomic E-state index is 11.9. The molecule has 26 heavy (non-hydrogen) atoms. The van der Waals surface area contributed by atoms with E-state index >= 15 is 0 Å². The number of aliphatic carboxylic acids is 1. The lowest BCUT2D eigenvalue weighted by Crippen LogP contribution is -2.46. The molecule has 2 atom stereocenters. The summed E-state index contributed by atoms with van der Waals surface area (Å²) in [6, 6.07) is 8.53. The Bertz CT molecular complexity index is 780. The van der Waals surface area contributed by atoms with E-state index < -0.39 is 12.0 Å². The van der Waals surface area contributed by atoms with Crippen LogP contribution >= 0.6 is 34.5 Å². The van der Waals surface area contributed by atoms with Crippen molar-refractivity contribution in [3.8, 4) is 5.75 Å². The van der Waals surface area contributed by atoms with Gasteiger partial charge in [0, 0.05) is 15.5 Å². The lowest BCUT2D eigenvalue weighted by atomic mass is 9.94. The Balaban J connectivity index is 2.13. The maximum Gasteiger partial charge on any atom is 0.320 e. The van der Waals surface area contributed by atoms with Crippen molar-refractivity contribution < 1.29 is 14.6 Å². The molecule has 0 bridgehead atoms. The maximum absolute atomic E-state index is 11.9. The van der Waals surface area contributed by atoms with Crippen LogP contribution in [0.2, 0.25) is 9.36 Å². The molecule has 0 spiro atoms. The molecule has 1 aliphatic rings. The van der Waals surface area contributed by atoms with Crippen LogP contribution in [0.4, 0.5) is 0 Å². The van der Waals surface area contributed by atoms with E-state index in [0.717, 1.165) is 29.0 Å². The molecule has 1 N–H and O–H groups in total. The van der Waals surface area contributed by atoms with Gasteiger partial charge in [-0.3, -0.25) is 9.69 Å². The van der Waals surface area contributed by atoms with Gasteiger partial charge in [-0.2, -0.15) is 0 Å². The molecular formula is C19H21Cl2NO3S. The van der Waals surface area contributed by atoms with Gasteiger partial charge in [0.2, 0.25) is 0 Å². The molecule has 0 saturated carbocycles. The summed E-state index contributed by atoms with van der Waals surface area (Å²) < 4.78 is 6.50. The van der Waals surface area contributed by atoms with Crippen molar-refractivity contribution in [3.63, 3.8) is 0 Å². The van der Waals surface area contributed by atoms with Gasteiger partial charge in [-0.1, -0.05) is 29.6 Å². The fourth-order valence-corrected chi connectivity index (χ4v) is 4.90. The first-order chi connectivity index (χ1) is 12.5. The van der Waals surface area contributed by atoms with Gasteiger partial charge in [-0.15, -0.1) is 11.3 Å². The zero-order valence-electron chi connectivity index (χ0n) is 14.5. The van der Waals surface area contributed by atoms with Crippen molar-refractivity contribution >= 4 is 40.5 Å². The highest BCUT2D eigenvalue weighted by Crippen LogP contribution is 2.42. The summed E-state index contributed by atoms with van der Waals surface area (Å²) >= 11 is 13.9. The SMILES string of the molecule is CCOc1ccc(Cl)cc1C(c1ccc(Cl)s1)N1CCCCC1C(=O)O. The molecule has 1 aliphatic heterocycles. The molecule has 2 heterocycles. The van der Waals surface area contributed by atoms with Crippen LogP contribution in [0.1, 0.15) is 42.7 Å². The van der Waals surface area contributed by atoms with Gasteiger partial charge in [0.1, 0.15) is 11.8 Å². The third-order valence-corrected chi connectivity index (χ3v) is 6.11. The standard InChI is InChI=1S/C19H21Cl2NO3S/c1-2-25-15-7-6-12(20)11-13(15)18(16-8-9-17(21)26-16)22-10-4-3-5-14(22)19(23)24/h6-9,11,14,18H,2-5,10H2,1H3,(H,23,24). The molecule has 140 valence electrons. The predicted molar refractivity (Wildman–Crippen MR) is 106 cm³/mol. The van der Waals surface area contributed by atoms with E-state index in [4.69, 9.17) is 27.9 Å². The van der Waals surface area contributed by atoms with Crippen LogP contribution in [0.25, 0.3) is 0 Å². The van der Waals surface area contributed by atoms with Crippen molar-refractivity contribution in [1.82, 2.24) is 4.90 Å². The molecule has 1 aromatic heterocycles. The first-order valence-electron chi connectivity index (χ1n) is 8.67. The van der Waals surface area contributed by atoms with E-state index in [2.05, 4.69) is 0 Å². The Kier molecular flexibility index (Phi) is 6.46. The molecule has 0 radical (unpaired) electrons. The zero-order chi connectivity index (χ0) is 18.7. The third-order valence-electron chi connectivity index (χ3n) is 4.59. The Morgan fingerprint density at radius 1 is 1.35 bits per heavy atom. The number of likely N-dealkylation sites (tertiary alicyclic amines) is 1. The van der Waals surface area contributed by atoms with E-state index in [1.54, 1.807) is 6.07 Å². The quantitative estimate of drug-likeness (QED) is 0.680. The highest BCUT2D eigenvalue weighted by Gasteiger charge is 2.37. The fraction of sp³-hybridized carbons (Fsp3) is 0.421. The summed E-state index contributed by atoms with van der Waals surface area (Å²) in [5.74, 6) is -0.0709. The Morgan fingerprint density at radius 2 is 2.15 bits per heavy atom. The smallest absolute Gasteiger partial charge is 0.320 e. The van der Waals surface area contributed by atoms with Crippen LogP contribution in [0.15, 0.2) is 30.3 Å². The molecule has 7 heteroatoms. The Morgan fingerprint density at radius 3 is 2.81 bits per heavy atom. The number of ether oxygens (including phenoxy) is 1. The molecule has 0 aliphatic carbocycles. The number of benzene rings is 1. The molecule has 4 nitrogen and oxygen atoms in total. The van der Waals surface area contributed by atoms with Crippen molar-refractivity contribution in [2.45, 2.75) is 38.3 Å². The minimum absolute atomic E-state index is 0.255. The van der Waals surface area contributed by atoms with Gasteiger partial charge < -0.3 is 9.84 Å². The van der Waals surface area contributed by atoms with Crippen molar-refractivity contribution in [2.24, 2.45) is 0 Å². The second-order valence-corrected chi connectivity index (χ2v) is 8.43. The summed E-state index contributed by atoms with van der Waals surface area (Å²) in [6.45, 7) is 3.15. The topological polar surface area (TPSA) is 49.8 Å². The van der Waals surface area contributed by atoms with Gasteiger partial charge >= 0.3 is 5.97 Å². The van der Waals surface area contributed by atoms with Crippen molar-refractivity contribution in [1.29, 1.82) is 0 Å². The first-order valence-corrected chi connectivity index (χ1v) is 10.2. The first kappa shape index (κ1) is 19.5. The summed E-state index contributed by atoms with van der Waals surface area (Å²) in [6.07, 6.45) is 2.51. The number of hydrogen-bond acceptors (Lipinski definition) is 4. The minimum atomic E-state index is -0.794. The predicted octanol–water partition coefficient (Wildman–Crippen LogP) is 5.48. The van der Waals surface area contributed by atoms with Gasteiger partial charge in [0.25, 0.3) is 0 Å². The number of halogens is 2. The van der Waals surface area contributed by atoms with Crippen LogP contribution in [0.5, 0.6) is 5.75 Å². The highest BCUT2D eigenvalue weighted by atomic mass is 35.5. The van der Waals surface area contributed by atoms with E-state index in [1.165, 1.54) is 11.3 Å². The summed E-state index contributed by atoms with van der Waals surface area (Å²) in [7, 11) is 0. The van der Waals surface area contributed by atoms with Crippen LogP contribution in [-0.4, -0.2) is 35.2 Å². The summed E-state index contributed by atoms with van der Waals surface area (Å²) in [5.41, 5.74) is 0.881. The van der Waals surface area contributed by atoms with Crippen LogP contribution < -0.4 is 4.74 Å². The number of thiophene rings is 1. The number of carboxylic acid groups (broad SMARTS) is 1. The lowest BCUT2D eigenvalue weighted by Gasteiger charge is -2.39. The monoisotopic (exact) mass is 413 g/mol. The van der Waals surface area contributed by atoms with Crippen LogP contribution in [-0.2, 0) is 4.79 Å². The zero-order valence-corrected chi connectivity index (χ0v) is 16.8. The van der Waals surface area contributed by atoms with Gasteiger partial charge in [-0.05, 0) is 56.6 Å². The van der Waals surface area contributed by atoms with Crippen LogP contribution in [0, 0.1) is 0 Å². The molecule has 0 amide bonds. The number of rotatable bonds is 6. The molecule has 1 aromatic carbocycles. The molecule has 2 unspecified atom stereocenters. The van der Waals surface area contributed by atoms with E-state index in [1.807, 2.05) is 36.1 Å². The average Bonchev–Trinajstić information content (AvgIpc) is 3.04. The number of piperidine rings is 1. The Labute approximate surface area is 167 Å². The molecule has 2 aromatic rings. The van der Waals surface area contributed by atoms with Crippen molar-refractivity contribution in [2.75, 3.05) is 13.2 Å². The summed E-state index contributed by atoms with van der Waals surface area (Å²) in [4.78, 5) is 14.9. The molecule has 3 rings (SSSR count). The molecule has 1 fully saturated rings. The minimum Gasteiger partial charge on any atom is -0.494 e. The number of carbonyl (C=O) groups is 1. The van der Waals surface area contributed by atoms with Gasteiger partial charge in [0.15, 0.2) is 0 Å². The largest absolute Gasteiger partial charge is 0.494 e. The van der Waals surface area contributed by atoms with E-state index in [9.17, 15) is 9.90 Å². The molecule has 1 saturated heterocycles. The summed E-state index contributed by atoms with van der Waals surface area (Å²) in [5, 5.41) is 10.4. The number of carboxylic acids is 1. The third kappa shape index (κ3) is 4.17. The van der Waals surface area contributed by atoms with Crippen molar-refractivity contribution in [3.05, 3.63) is 50.1 Å². The van der Waals surface area contributed by atoms with Crippen LogP contribution in [0.3, 0.4) is 0 Å². The van der Waals surface area contributed by atoms with E-state index in [0.29, 0.717) is 28.9 Å². The number of nitrogens with zero attached hydrogens (tertiary/aromatic N) is 1.